The average Bonchev–Trinajstić information content (AvgIpc) is 2.84. The third-order valence-electron chi connectivity index (χ3n) is 3.97. The van der Waals surface area contributed by atoms with Gasteiger partial charge in [0.05, 0.1) is 12.2 Å². The van der Waals surface area contributed by atoms with Gasteiger partial charge in [-0.05, 0) is 19.8 Å². The maximum Gasteiger partial charge on any atom is 0.248 e. The van der Waals surface area contributed by atoms with E-state index in [0.29, 0.717) is 12.6 Å². The van der Waals surface area contributed by atoms with E-state index in [0.717, 1.165) is 25.9 Å². The second-order valence-corrected chi connectivity index (χ2v) is 5.59. The summed E-state index contributed by atoms with van der Waals surface area (Å²) in [7, 11) is 0. The van der Waals surface area contributed by atoms with Crippen LogP contribution in [0.25, 0.3) is 0 Å². The molecule has 1 aliphatic carbocycles. The lowest BCUT2D eigenvalue weighted by atomic mass is 10.0. The number of hydrogen-bond acceptors (Lipinski definition) is 4. The summed E-state index contributed by atoms with van der Waals surface area (Å²) in [5.41, 5.74) is -0.184. The molecule has 0 atom stereocenters. The van der Waals surface area contributed by atoms with Crippen LogP contribution in [0.1, 0.15) is 32.6 Å². The molecule has 2 N–H and O–H groups in total. The van der Waals surface area contributed by atoms with Crippen molar-refractivity contribution in [2.24, 2.45) is 0 Å². The lowest BCUT2D eigenvalue weighted by molar-refractivity contribution is -0.148. The highest BCUT2D eigenvalue weighted by molar-refractivity contribution is 5.77. The first kappa shape index (κ1) is 13.8. The van der Waals surface area contributed by atoms with E-state index in [-0.39, 0.29) is 24.7 Å². The minimum atomic E-state index is -0.184. The first-order chi connectivity index (χ1) is 8.64. The van der Waals surface area contributed by atoms with Crippen LogP contribution in [0.4, 0.5) is 0 Å². The van der Waals surface area contributed by atoms with Crippen molar-refractivity contribution in [3.63, 3.8) is 0 Å². The zero-order chi connectivity index (χ0) is 13.0. The minimum absolute atomic E-state index is 0.0177. The Balaban J connectivity index is 1.82. The van der Waals surface area contributed by atoms with Crippen molar-refractivity contribution >= 4 is 5.91 Å². The molecule has 2 rings (SSSR count). The van der Waals surface area contributed by atoms with E-state index in [1.54, 1.807) is 0 Å². The lowest BCUT2D eigenvalue weighted by Gasteiger charge is -2.39. The molecule has 0 bridgehead atoms. The second kappa shape index (κ2) is 5.99. The molecule has 0 aromatic heterocycles. The summed E-state index contributed by atoms with van der Waals surface area (Å²) in [6.07, 6.45) is 4.49. The molecule has 104 valence electrons. The van der Waals surface area contributed by atoms with Crippen molar-refractivity contribution in [3.05, 3.63) is 0 Å². The quantitative estimate of drug-likeness (QED) is 0.709. The number of rotatable bonds is 6. The molecule has 1 saturated heterocycles. The van der Waals surface area contributed by atoms with Crippen LogP contribution in [0.2, 0.25) is 0 Å². The molecular formula is C13H24N2O3. The molecule has 0 spiro atoms. The smallest absolute Gasteiger partial charge is 0.248 e. The van der Waals surface area contributed by atoms with Crippen molar-refractivity contribution in [2.75, 3.05) is 32.8 Å². The van der Waals surface area contributed by atoms with Gasteiger partial charge in [0.15, 0.2) is 0 Å². The number of aliphatic hydroxyl groups excluding tert-OH is 1. The SMILES string of the molecule is CC1(OCC(=O)N(CCO)C2CCCC2)CNC1. The number of amides is 1. The van der Waals surface area contributed by atoms with Crippen LogP contribution in [-0.2, 0) is 9.53 Å². The summed E-state index contributed by atoms with van der Waals surface area (Å²) in [6.45, 7) is 4.23. The fourth-order valence-electron chi connectivity index (χ4n) is 2.73. The Morgan fingerprint density at radius 2 is 2.11 bits per heavy atom. The summed E-state index contributed by atoms with van der Waals surface area (Å²) in [5.74, 6) is 0.0177. The Bertz CT molecular complexity index is 286. The van der Waals surface area contributed by atoms with Gasteiger partial charge in [0.1, 0.15) is 6.61 Å². The molecule has 0 aromatic carbocycles. The monoisotopic (exact) mass is 256 g/mol. The zero-order valence-electron chi connectivity index (χ0n) is 11.2. The molecule has 1 amide bonds. The maximum absolute atomic E-state index is 12.2. The molecule has 0 unspecified atom stereocenters. The topological polar surface area (TPSA) is 61.8 Å². The second-order valence-electron chi connectivity index (χ2n) is 5.59. The molecule has 18 heavy (non-hydrogen) atoms. The van der Waals surface area contributed by atoms with Crippen LogP contribution < -0.4 is 5.32 Å². The average molecular weight is 256 g/mol. The molecule has 2 fully saturated rings. The van der Waals surface area contributed by atoms with Gasteiger partial charge in [0.2, 0.25) is 5.91 Å². The van der Waals surface area contributed by atoms with E-state index >= 15 is 0 Å². The summed E-state index contributed by atoms with van der Waals surface area (Å²) in [4.78, 5) is 14.0. The molecule has 0 radical (unpaired) electrons. The summed E-state index contributed by atoms with van der Waals surface area (Å²) >= 11 is 0. The van der Waals surface area contributed by atoms with Crippen LogP contribution in [0.3, 0.4) is 0 Å². The Kier molecular flexibility index (Phi) is 4.59. The van der Waals surface area contributed by atoms with E-state index < -0.39 is 0 Å². The van der Waals surface area contributed by atoms with Gasteiger partial charge in [-0.1, -0.05) is 12.8 Å². The number of carbonyl (C=O) groups excluding carboxylic acids is 1. The highest BCUT2D eigenvalue weighted by atomic mass is 16.5. The molecule has 1 heterocycles. The summed E-state index contributed by atoms with van der Waals surface area (Å²) in [6, 6.07) is 0.306. The Hall–Kier alpha value is -0.650. The Morgan fingerprint density at radius 3 is 2.61 bits per heavy atom. The number of carbonyl (C=O) groups is 1. The van der Waals surface area contributed by atoms with Crippen molar-refractivity contribution in [3.8, 4) is 0 Å². The number of nitrogens with zero attached hydrogens (tertiary/aromatic N) is 1. The van der Waals surface area contributed by atoms with Crippen LogP contribution in [0.5, 0.6) is 0 Å². The van der Waals surface area contributed by atoms with Gasteiger partial charge in [0.25, 0.3) is 0 Å². The largest absolute Gasteiger partial charge is 0.395 e. The molecule has 1 saturated carbocycles. The van der Waals surface area contributed by atoms with Crippen molar-refractivity contribution in [1.29, 1.82) is 0 Å². The predicted octanol–water partition coefficient (Wildman–Crippen LogP) is 0.128. The Morgan fingerprint density at radius 1 is 1.44 bits per heavy atom. The molecule has 5 nitrogen and oxygen atoms in total. The van der Waals surface area contributed by atoms with Gasteiger partial charge < -0.3 is 20.1 Å². The van der Waals surface area contributed by atoms with Gasteiger partial charge in [-0.15, -0.1) is 0 Å². The van der Waals surface area contributed by atoms with Crippen LogP contribution >= 0.6 is 0 Å². The number of aliphatic hydroxyl groups is 1. The summed E-state index contributed by atoms with van der Waals surface area (Å²) in [5, 5.41) is 12.2. The summed E-state index contributed by atoms with van der Waals surface area (Å²) < 4.78 is 5.68. The zero-order valence-corrected chi connectivity index (χ0v) is 11.2. The molecule has 1 aliphatic heterocycles. The van der Waals surface area contributed by atoms with Gasteiger partial charge >= 0.3 is 0 Å². The van der Waals surface area contributed by atoms with Crippen molar-refractivity contribution in [1.82, 2.24) is 10.2 Å². The maximum atomic E-state index is 12.2. The normalized spacial score (nSPS) is 22.8. The first-order valence-corrected chi connectivity index (χ1v) is 6.90. The number of nitrogens with one attached hydrogen (secondary N) is 1. The third kappa shape index (κ3) is 3.22. The van der Waals surface area contributed by atoms with Crippen LogP contribution in [0.15, 0.2) is 0 Å². The fourth-order valence-corrected chi connectivity index (χ4v) is 2.73. The van der Waals surface area contributed by atoms with E-state index in [1.165, 1.54) is 12.8 Å². The van der Waals surface area contributed by atoms with Crippen molar-refractivity contribution < 1.29 is 14.6 Å². The fraction of sp³-hybridized carbons (Fsp3) is 0.923. The van der Waals surface area contributed by atoms with Crippen molar-refractivity contribution in [2.45, 2.75) is 44.2 Å². The van der Waals surface area contributed by atoms with Gasteiger partial charge in [-0.25, -0.2) is 0 Å². The van der Waals surface area contributed by atoms with Gasteiger partial charge in [-0.2, -0.15) is 0 Å². The van der Waals surface area contributed by atoms with Gasteiger partial charge in [0, 0.05) is 25.7 Å². The van der Waals surface area contributed by atoms with Crippen LogP contribution in [0, 0.1) is 0 Å². The van der Waals surface area contributed by atoms with E-state index in [1.807, 2.05) is 11.8 Å². The lowest BCUT2D eigenvalue weighted by Crippen LogP contribution is -2.60. The molecule has 5 heteroatoms. The first-order valence-electron chi connectivity index (χ1n) is 6.90. The molecule has 2 aliphatic rings. The van der Waals surface area contributed by atoms with Gasteiger partial charge in [-0.3, -0.25) is 4.79 Å². The Labute approximate surface area is 108 Å². The highest BCUT2D eigenvalue weighted by Crippen LogP contribution is 2.24. The minimum Gasteiger partial charge on any atom is -0.395 e. The highest BCUT2D eigenvalue weighted by Gasteiger charge is 2.34. The van der Waals surface area contributed by atoms with E-state index in [4.69, 9.17) is 9.84 Å². The number of hydrogen-bond donors (Lipinski definition) is 2. The standard InChI is InChI=1S/C13H24N2O3/c1-13(9-14-10-13)18-8-12(17)15(6-7-16)11-4-2-3-5-11/h11,14,16H,2-10H2,1H3. The number of ether oxygens (including phenoxy) is 1. The molecule has 0 aromatic rings. The van der Waals surface area contributed by atoms with E-state index in [2.05, 4.69) is 5.32 Å². The van der Waals surface area contributed by atoms with Crippen LogP contribution in [-0.4, -0.2) is 60.4 Å². The predicted molar refractivity (Wildman–Crippen MR) is 68.3 cm³/mol. The van der Waals surface area contributed by atoms with E-state index in [9.17, 15) is 4.79 Å². The third-order valence-corrected chi connectivity index (χ3v) is 3.97. The molecular weight excluding hydrogens is 232 g/mol.